The number of carbonyl (C=O) groups excluding carboxylic acids is 2. The minimum atomic E-state index is -0.141. The fraction of sp³-hybridized carbons (Fsp3) is 0.737. The van der Waals surface area contributed by atoms with Crippen molar-refractivity contribution in [2.75, 3.05) is 32.8 Å². The average molecular weight is 360 g/mol. The fourth-order valence-electron chi connectivity index (χ4n) is 4.35. The summed E-state index contributed by atoms with van der Waals surface area (Å²) in [5.41, 5.74) is 0.494. The maximum Gasteiger partial charge on any atom is 0.272 e. The van der Waals surface area contributed by atoms with Gasteiger partial charge in [-0.05, 0) is 45.1 Å². The molecule has 0 bridgehead atoms. The SMILES string of the molecule is CCn1nccc1C(=O)N1CCN(C(=O)C2CC2)C2(CCOCC2)CC1. The number of carbonyl (C=O) groups is 2. The van der Waals surface area contributed by atoms with Crippen molar-refractivity contribution in [3.8, 4) is 0 Å². The zero-order valence-electron chi connectivity index (χ0n) is 15.5. The monoisotopic (exact) mass is 360 g/mol. The lowest BCUT2D eigenvalue weighted by Gasteiger charge is -2.45. The van der Waals surface area contributed by atoms with Gasteiger partial charge in [0.25, 0.3) is 5.91 Å². The van der Waals surface area contributed by atoms with E-state index in [9.17, 15) is 9.59 Å². The Morgan fingerprint density at radius 3 is 2.65 bits per heavy atom. The summed E-state index contributed by atoms with van der Waals surface area (Å²) >= 11 is 0. The van der Waals surface area contributed by atoms with Crippen molar-refractivity contribution in [3.63, 3.8) is 0 Å². The van der Waals surface area contributed by atoms with Crippen molar-refractivity contribution in [2.24, 2.45) is 5.92 Å². The van der Waals surface area contributed by atoms with E-state index >= 15 is 0 Å². The molecule has 2 aliphatic heterocycles. The van der Waals surface area contributed by atoms with Crippen molar-refractivity contribution in [1.82, 2.24) is 19.6 Å². The number of aryl methyl sites for hydroxylation is 1. The van der Waals surface area contributed by atoms with Gasteiger partial charge in [0.2, 0.25) is 5.91 Å². The zero-order valence-corrected chi connectivity index (χ0v) is 15.5. The quantitative estimate of drug-likeness (QED) is 0.820. The number of hydrogen-bond acceptors (Lipinski definition) is 4. The highest BCUT2D eigenvalue weighted by Crippen LogP contribution is 2.39. The van der Waals surface area contributed by atoms with Crippen molar-refractivity contribution in [3.05, 3.63) is 18.0 Å². The molecule has 2 saturated heterocycles. The lowest BCUT2D eigenvalue weighted by atomic mass is 9.84. The molecule has 0 atom stereocenters. The average Bonchev–Trinajstić information content (AvgIpc) is 3.43. The van der Waals surface area contributed by atoms with Gasteiger partial charge in [0.1, 0.15) is 5.69 Å². The Morgan fingerprint density at radius 1 is 1.19 bits per heavy atom. The van der Waals surface area contributed by atoms with Crippen molar-refractivity contribution >= 4 is 11.8 Å². The molecule has 0 aromatic carbocycles. The molecular formula is C19H28N4O3. The highest BCUT2D eigenvalue weighted by atomic mass is 16.5. The van der Waals surface area contributed by atoms with Gasteiger partial charge >= 0.3 is 0 Å². The summed E-state index contributed by atoms with van der Waals surface area (Å²) in [4.78, 5) is 30.0. The number of amides is 2. The third kappa shape index (κ3) is 3.13. The Labute approximate surface area is 154 Å². The molecule has 1 aliphatic carbocycles. The van der Waals surface area contributed by atoms with Crippen LogP contribution in [-0.4, -0.2) is 69.8 Å². The van der Waals surface area contributed by atoms with Gasteiger partial charge in [-0.1, -0.05) is 0 Å². The summed E-state index contributed by atoms with van der Waals surface area (Å²) in [7, 11) is 0. The molecule has 1 aromatic heterocycles. The second kappa shape index (κ2) is 7.02. The van der Waals surface area contributed by atoms with Crippen LogP contribution < -0.4 is 0 Å². The predicted molar refractivity (Wildman–Crippen MR) is 95.6 cm³/mol. The third-order valence-corrected chi connectivity index (χ3v) is 6.15. The van der Waals surface area contributed by atoms with Crippen LogP contribution in [0.25, 0.3) is 0 Å². The molecule has 0 unspecified atom stereocenters. The number of rotatable bonds is 3. The highest BCUT2D eigenvalue weighted by molar-refractivity contribution is 5.92. The van der Waals surface area contributed by atoms with Crippen molar-refractivity contribution < 1.29 is 14.3 Å². The summed E-state index contributed by atoms with van der Waals surface area (Å²) in [6.07, 6.45) is 6.29. The minimum absolute atomic E-state index is 0.0206. The summed E-state index contributed by atoms with van der Waals surface area (Å²) in [5, 5.41) is 4.22. The third-order valence-electron chi connectivity index (χ3n) is 6.15. The zero-order chi connectivity index (χ0) is 18.1. The van der Waals surface area contributed by atoms with Crippen LogP contribution in [0.5, 0.6) is 0 Å². The van der Waals surface area contributed by atoms with E-state index in [0.29, 0.717) is 51.0 Å². The maximum absolute atomic E-state index is 13.0. The highest BCUT2D eigenvalue weighted by Gasteiger charge is 2.46. The molecule has 0 radical (unpaired) electrons. The number of nitrogens with zero attached hydrogens (tertiary/aromatic N) is 4. The lowest BCUT2D eigenvalue weighted by molar-refractivity contribution is -0.143. The van der Waals surface area contributed by atoms with Crippen LogP contribution in [0.1, 0.15) is 49.5 Å². The first-order valence-corrected chi connectivity index (χ1v) is 9.85. The number of hydrogen-bond donors (Lipinski definition) is 0. The van der Waals surface area contributed by atoms with Crippen LogP contribution >= 0.6 is 0 Å². The molecule has 4 rings (SSSR count). The van der Waals surface area contributed by atoms with Gasteiger partial charge in [0.15, 0.2) is 0 Å². The Hall–Kier alpha value is -1.89. The summed E-state index contributed by atoms with van der Waals surface area (Å²) in [5.74, 6) is 0.519. The normalized spacial score (nSPS) is 23.1. The van der Waals surface area contributed by atoms with Crippen LogP contribution in [0.3, 0.4) is 0 Å². The Bertz CT molecular complexity index is 676. The van der Waals surface area contributed by atoms with Crippen LogP contribution in [0.2, 0.25) is 0 Å². The molecule has 7 nitrogen and oxygen atoms in total. The lowest BCUT2D eigenvalue weighted by Crippen LogP contribution is -2.55. The van der Waals surface area contributed by atoms with Crippen molar-refractivity contribution in [1.29, 1.82) is 0 Å². The van der Waals surface area contributed by atoms with Gasteiger partial charge in [0, 0.05) is 57.0 Å². The van der Waals surface area contributed by atoms with E-state index in [0.717, 1.165) is 32.1 Å². The standard InChI is InChI=1S/C19H28N4O3/c1-2-23-16(5-9-20-23)18(25)21-10-6-19(7-13-26-14-8-19)22(12-11-21)17(24)15-3-4-15/h5,9,15H,2-4,6-8,10-14H2,1H3. The molecule has 26 heavy (non-hydrogen) atoms. The largest absolute Gasteiger partial charge is 0.381 e. The molecule has 1 saturated carbocycles. The molecule has 1 spiro atoms. The van der Waals surface area contributed by atoms with Crippen molar-refractivity contribution in [2.45, 2.75) is 51.1 Å². The van der Waals surface area contributed by atoms with Gasteiger partial charge in [-0.2, -0.15) is 5.10 Å². The van der Waals surface area contributed by atoms with Crippen LogP contribution in [0.15, 0.2) is 12.3 Å². The van der Waals surface area contributed by atoms with Crippen LogP contribution in [0.4, 0.5) is 0 Å². The second-order valence-corrected chi connectivity index (χ2v) is 7.68. The van der Waals surface area contributed by atoms with E-state index in [2.05, 4.69) is 10.00 Å². The molecule has 3 heterocycles. The summed E-state index contributed by atoms with van der Waals surface area (Å²) < 4.78 is 7.32. The first-order valence-electron chi connectivity index (χ1n) is 9.85. The topological polar surface area (TPSA) is 67.7 Å². The molecule has 3 aliphatic rings. The second-order valence-electron chi connectivity index (χ2n) is 7.68. The molecule has 3 fully saturated rings. The first kappa shape index (κ1) is 17.5. The van der Waals surface area contributed by atoms with Gasteiger partial charge in [-0.25, -0.2) is 0 Å². The van der Waals surface area contributed by atoms with E-state index < -0.39 is 0 Å². The molecular weight excluding hydrogens is 332 g/mol. The Balaban J connectivity index is 1.55. The van der Waals surface area contributed by atoms with E-state index in [1.807, 2.05) is 11.8 Å². The summed E-state index contributed by atoms with van der Waals surface area (Å²) in [6, 6.07) is 1.79. The molecule has 0 N–H and O–H groups in total. The van der Waals surface area contributed by atoms with E-state index in [4.69, 9.17) is 4.74 Å². The Morgan fingerprint density at radius 2 is 1.96 bits per heavy atom. The Kier molecular flexibility index (Phi) is 4.73. The maximum atomic E-state index is 13.0. The van der Waals surface area contributed by atoms with E-state index in [-0.39, 0.29) is 17.4 Å². The molecule has 2 amide bonds. The van der Waals surface area contributed by atoms with Gasteiger partial charge in [-0.3, -0.25) is 14.3 Å². The number of ether oxygens (including phenoxy) is 1. The van der Waals surface area contributed by atoms with Crippen LogP contribution in [-0.2, 0) is 16.1 Å². The van der Waals surface area contributed by atoms with E-state index in [1.165, 1.54) is 0 Å². The smallest absolute Gasteiger partial charge is 0.272 e. The molecule has 142 valence electrons. The predicted octanol–water partition coefficient (Wildman–Crippen LogP) is 1.54. The van der Waals surface area contributed by atoms with E-state index in [1.54, 1.807) is 16.9 Å². The van der Waals surface area contributed by atoms with Gasteiger partial charge < -0.3 is 14.5 Å². The van der Waals surface area contributed by atoms with Crippen LogP contribution in [0, 0.1) is 5.92 Å². The van der Waals surface area contributed by atoms with Gasteiger partial charge in [-0.15, -0.1) is 0 Å². The minimum Gasteiger partial charge on any atom is -0.381 e. The molecule has 1 aromatic rings. The number of aromatic nitrogens is 2. The fourth-order valence-corrected chi connectivity index (χ4v) is 4.35. The first-order chi connectivity index (χ1) is 12.6. The summed E-state index contributed by atoms with van der Waals surface area (Å²) in [6.45, 7) is 5.96. The molecule has 7 heteroatoms. The van der Waals surface area contributed by atoms with Gasteiger partial charge in [0.05, 0.1) is 0 Å².